The van der Waals surface area contributed by atoms with E-state index in [1.807, 2.05) is 28.9 Å². The van der Waals surface area contributed by atoms with Crippen LogP contribution in [0.1, 0.15) is 43.2 Å². The van der Waals surface area contributed by atoms with Gasteiger partial charge in [0.15, 0.2) is 5.78 Å². The number of anilines is 1. The fourth-order valence-corrected chi connectivity index (χ4v) is 5.69. The molecule has 1 atom stereocenters. The van der Waals surface area contributed by atoms with E-state index in [1.54, 1.807) is 23.1 Å². The number of thioether (sulfide) groups is 1. The standard InChI is InChI=1S/C22H22N4OS2/c1-22(2)11-15-18(16(27)12-22)19(17-9-6-10-28-17)26-20(23-15)24-21(25-26)29-13-14-7-4-3-5-8-14/h3-10,19H,11-13H2,1-2H3,(H,23,24,25)/t19-/m0/s1. The first-order chi connectivity index (χ1) is 14.0. The van der Waals surface area contributed by atoms with Crippen LogP contribution in [-0.4, -0.2) is 20.5 Å². The van der Waals surface area contributed by atoms with Crippen molar-refractivity contribution in [2.24, 2.45) is 5.41 Å². The highest BCUT2D eigenvalue weighted by molar-refractivity contribution is 7.98. The lowest BCUT2D eigenvalue weighted by Crippen LogP contribution is -2.36. The molecule has 0 saturated heterocycles. The van der Waals surface area contributed by atoms with Crippen LogP contribution in [0.4, 0.5) is 5.95 Å². The zero-order chi connectivity index (χ0) is 20.0. The van der Waals surface area contributed by atoms with Crippen molar-refractivity contribution in [1.82, 2.24) is 14.8 Å². The topological polar surface area (TPSA) is 59.8 Å². The molecule has 1 aromatic carbocycles. The Morgan fingerprint density at radius 2 is 2.03 bits per heavy atom. The molecule has 29 heavy (non-hydrogen) atoms. The van der Waals surface area contributed by atoms with Gasteiger partial charge >= 0.3 is 0 Å². The van der Waals surface area contributed by atoms with E-state index in [9.17, 15) is 4.79 Å². The molecular weight excluding hydrogens is 400 g/mol. The molecule has 0 radical (unpaired) electrons. The molecule has 2 aliphatic rings. The number of carbonyl (C=O) groups is 1. The number of thiophene rings is 1. The highest BCUT2D eigenvalue weighted by atomic mass is 32.2. The number of Topliss-reactive ketones (excluding diaryl/α,β-unsaturated/α-hetero) is 1. The van der Waals surface area contributed by atoms with Gasteiger partial charge in [-0.3, -0.25) is 4.79 Å². The number of nitrogens with zero attached hydrogens (tertiary/aromatic N) is 3. The Morgan fingerprint density at radius 3 is 2.79 bits per heavy atom. The molecule has 0 saturated carbocycles. The quantitative estimate of drug-likeness (QED) is 0.579. The second kappa shape index (κ2) is 7.15. The first kappa shape index (κ1) is 18.6. The number of hydrogen-bond acceptors (Lipinski definition) is 6. The van der Waals surface area contributed by atoms with Crippen molar-refractivity contribution in [2.75, 3.05) is 5.32 Å². The average Bonchev–Trinajstić information content (AvgIpc) is 3.34. The average molecular weight is 423 g/mol. The van der Waals surface area contributed by atoms with Crippen LogP contribution in [0.3, 0.4) is 0 Å². The Morgan fingerprint density at radius 1 is 1.21 bits per heavy atom. The Kier molecular flexibility index (Phi) is 4.59. The summed E-state index contributed by atoms with van der Waals surface area (Å²) in [5, 5.41) is 11.0. The molecule has 0 unspecified atom stereocenters. The number of rotatable bonds is 4. The fourth-order valence-electron chi connectivity index (χ4n) is 4.08. The second-order valence-corrected chi connectivity index (χ2v) is 10.2. The molecule has 1 aliphatic heterocycles. The third kappa shape index (κ3) is 3.53. The van der Waals surface area contributed by atoms with Crippen molar-refractivity contribution in [1.29, 1.82) is 0 Å². The van der Waals surface area contributed by atoms with Gasteiger partial charge in [-0.05, 0) is 28.8 Å². The number of fused-ring (bicyclic) bond motifs is 1. The van der Waals surface area contributed by atoms with Gasteiger partial charge in [0.2, 0.25) is 11.1 Å². The molecule has 0 bridgehead atoms. The summed E-state index contributed by atoms with van der Waals surface area (Å²) in [6.45, 7) is 4.30. The monoisotopic (exact) mass is 422 g/mol. The van der Waals surface area contributed by atoms with Gasteiger partial charge in [0, 0.05) is 28.3 Å². The highest BCUT2D eigenvalue weighted by Gasteiger charge is 2.42. The minimum absolute atomic E-state index is 0.0456. The molecule has 7 heteroatoms. The summed E-state index contributed by atoms with van der Waals surface area (Å²) in [4.78, 5) is 19.0. The maximum absolute atomic E-state index is 13.1. The minimum atomic E-state index is -0.191. The molecule has 0 spiro atoms. The summed E-state index contributed by atoms with van der Waals surface area (Å²) in [6.07, 6.45) is 1.41. The maximum atomic E-state index is 13.1. The summed E-state index contributed by atoms with van der Waals surface area (Å²) < 4.78 is 1.90. The van der Waals surface area contributed by atoms with E-state index < -0.39 is 0 Å². The van der Waals surface area contributed by atoms with Gasteiger partial charge in [-0.25, -0.2) is 4.68 Å². The molecule has 2 aromatic heterocycles. The van der Waals surface area contributed by atoms with Crippen LogP contribution in [0.2, 0.25) is 0 Å². The van der Waals surface area contributed by atoms with Crippen molar-refractivity contribution in [3.8, 4) is 0 Å². The number of nitrogens with one attached hydrogen (secondary N) is 1. The van der Waals surface area contributed by atoms with Crippen molar-refractivity contribution < 1.29 is 4.79 Å². The summed E-state index contributed by atoms with van der Waals surface area (Å²) in [6, 6.07) is 14.2. The molecule has 1 N–H and O–H groups in total. The van der Waals surface area contributed by atoms with E-state index >= 15 is 0 Å². The molecule has 5 nitrogen and oxygen atoms in total. The van der Waals surface area contributed by atoms with Crippen LogP contribution in [0.5, 0.6) is 0 Å². The van der Waals surface area contributed by atoms with E-state index in [0.29, 0.717) is 6.42 Å². The van der Waals surface area contributed by atoms with E-state index in [0.717, 1.165) is 39.4 Å². The van der Waals surface area contributed by atoms with Gasteiger partial charge in [-0.15, -0.1) is 16.4 Å². The van der Waals surface area contributed by atoms with Gasteiger partial charge in [0.05, 0.1) is 0 Å². The number of hydrogen-bond donors (Lipinski definition) is 1. The zero-order valence-corrected chi connectivity index (χ0v) is 18.0. The van der Waals surface area contributed by atoms with E-state index in [-0.39, 0.29) is 17.2 Å². The van der Waals surface area contributed by atoms with E-state index in [2.05, 4.69) is 42.7 Å². The highest BCUT2D eigenvalue weighted by Crippen LogP contribution is 2.46. The lowest BCUT2D eigenvalue weighted by Gasteiger charge is -2.37. The molecule has 1 aliphatic carbocycles. The SMILES string of the molecule is CC1(C)CC(=O)C2=C(C1)Nc1nc(SCc3ccccc3)nn1[C@H]2c1cccs1. The molecule has 0 amide bonds. The van der Waals surface area contributed by atoms with E-state index in [4.69, 9.17) is 10.1 Å². The Bertz CT molecular complexity index is 1080. The third-order valence-corrected chi connectivity index (χ3v) is 7.17. The molecule has 5 rings (SSSR count). The van der Waals surface area contributed by atoms with Gasteiger partial charge in [0.1, 0.15) is 6.04 Å². The number of benzene rings is 1. The van der Waals surface area contributed by atoms with Crippen molar-refractivity contribution in [3.05, 3.63) is 69.6 Å². The third-order valence-electron chi connectivity index (χ3n) is 5.34. The number of aromatic nitrogens is 3. The van der Waals surface area contributed by atoms with Crippen LogP contribution in [-0.2, 0) is 10.5 Å². The summed E-state index contributed by atoms with van der Waals surface area (Å²) in [5.41, 5.74) is 3.05. The van der Waals surface area contributed by atoms with Crippen LogP contribution >= 0.6 is 23.1 Å². The first-order valence-electron chi connectivity index (χ1n) is 9.70. The predicted octanol–water partition coefficient (Wildman–Crippen LogP) is 5.29. The van der Waals surface area contributed by atoms with Crippen LogP contribution in [0, 0.1) is 5.41 Å². The number of carbonyl (C=O) groups excluding carboxylic acids is 1. The van der Waals surface area contributed by atoms with Gasteiger partial charge in [-0.2, -0.15) is 4.98 Å². The molecule has 3 heterocycles. The lowest BCUT2D eigenvalue weighted by atomic mass is 9.73. The van der Waals surface area contributed by atoms with Crippen molar-refractivity contribution >= 4 is 34.8 Å². The molecule has 0 fully saturated rings. The number of ketones is 1. The van der Waals surface area contributed by atoms with Crippen LogP contribution in [0.25, 0.3) is 0 Å². The maximum Gasteiger partial charge on any atom is 0.227 e. The summed E-state index contributed by atoms with van der Waals surface area (Å²) >= 11 is 3.28. The fraction of sp³-hybridized carbons (Fsp3) is 0.318. The van der Waals surface area contributed by atoms with Crippen LogP contribution < -0.4 is 5.32 Å². The summed E-state index contributed by atoms with van der Waals surface area (Å²) in [7, 11) is 0. The Hall–Kier alpha value is -2.38. The van der Waals surface area contributed by atoms with Gasteiger partial charge in [0.25, 0.3) is 0 Å². The van der Waals surface area contributed by atoms with Crippen molar-refractivity contribution in [2.45, 2.75) is 43.6 Å². The largest absolute Gasteiger partial charge is 0.328 e. The lowest BCUT2D eigenvalue weighted by molar-refractivity contribution is -0.118. The molecular formula is C22H22N4OS2. The first-order valence-corrected chi connectivity index (χ1v) is 11.6. The van der Waals surface area contributed by atoms with Gasteiger partial charge < -0.3 is 5.32 Å². The predicted molar refractivity (Wildman–Crippen MR) is 117 cm³/mol. The molecule has 148 valence electrons. The number of allylic oxidation sites excluding steroid dienone is 2. The molecule has 3 aromatic rings. The Labute approximate surface area is 178 Å². The zero-order valence-electron chi connectivity index (χ0n) is 16.4. The van der Waals surface area contributed by atoms with Crippen LogP contribution in [0.15, 0.2) is 64.3 Å². The second-order valence-electron chi connectivity index (χ2n) is 8.31. The smallest absolute Gasteiger partial charge is 0.227 e. The normalized spacial score (nSPS) is 20.2. The summed E-state index contributed by atoms with van der Waals surface area (Å²) in [5.74, 6) is 1.75. The van der Waals surface area contributed by atoms with E-state index in [1.165, 1.54) is 5.56 Å². The Balaban J connectivity index is 1.51. The van der Waals surface area contributed by atoms with Gasteiger partial charge in [-0.1, -0.05) is 62.0 Å². The minimum Gasteiger partial charge on any atom is -0.328 e. The van der Waals surface area contributed by atoms with Crippen molar-refractivity contribution in [3.63, 3.8) is 0 Å².